The Labute approximate surface area is 170 Å². The summed E-state index contributed by atoms with van der Waals surface area (Å²) >= 11 is 0. The third kappa shape index (κ3) is 3.38. The van der Waals surface area contributed by atoms with E-state index in [0.29, 0.717) is 18.2 Å². The fraction of sp³-hybridized carbons (Fsp3) is 0.391. The molecule has 2 aliphatic rings. The van der Waals surface area contributed by atoms with Crippen LogP contribution in [0.1, 0.15) is 45.2 Å². The Balaban J connectivity index is 1.59. The molecule has 1 saturated heterocycles. The molecule has 0 aromatic heterocycles. The van der Waals surface area contributed by atoms with Crippen molar-refractivity contribution >= 4 is 11.9 Å². The lowest BCUT2D eigenvalue weighted by Gasteiger charge is -2.54. The zero-order chi connectivity index (χ0) is 20.8. The lowest BCUT2D eigenvalue weighted by Crippen LogP contribution is -2.60. The van der Waals surface area contributed by atoms with Crippen LogP contribution >= 0.6 is 0 Å². The van der Waals surface area contributed by atoms with Gasteiger partial charge < -0.3 is 20.4 Å². The quantitative estimate of drug-likeness (QED) is 0.742. The SMILES string of the molecule is CN1CC[C@]2(C)c3cc(O)ccc3C[C@@H]1[C@H]2CNC(=O)c1cccc(C(=O)O)c1. The number of benzene rings is 2. The number of phenolic OH excluding ortho intramolecular Hbond substituents is 1. The first-order valence-electron chi connectivity index (χ1n) is 9.94. The minimum atomic E-state index is -1.05. The van der Waals surface area contributed by atoms with Crippen molar-refractivity contribution in [3.63, 3.8) is 0 Å². The van der Waals surface area contributed by atoms with Crippen LogP contribution in [0.4, 0.5) is 0 Å². The van der Waals surface area contributed by atoms with Crippen LogP contribution in [0.25, 0.3) is 0 Å². The molecule has 6 heteroatoms. The summed E-state index contributed by atoms with van der Waals surface area (Å²) in [5.41, 5.74) is 2.75. The van der Waals surface area contributed by atoms with Crippen LogP contribution in [-0.2, 0) is 11.8 Å². The number of likely N-dealkylation sites (tertiary alicyclic amines) is 1. The molecule has 0 radical (unpaired) electrons. The van der Waals surface area contributed by atoms with Gasteiger partial charge in [0.05, 0.1) is 5.56 Å². The lowest BCUT2D eigenvalue weighted by atomic mass is 9.58. The third-order valence-corrected chi connectivity index (χ3v) is 6.82. The van der Waals surface area contributed by atoms with E-state index in [0.717, 1.165) is 19.4 Å². The second-order valence-electron chi connectivity index (χ2n) is 8.46. The number of rotatable bonds is 4. The molecule has 0 unspecified atom stereocenters. The van der Waals surface area contributed by atoms with Crippen molar-refractivity contribution < 1.29 is 19.8 Å². The van der Waals surface area contributed by atoms with Gasteiger partial charge in [-0.05, 0) is 67.9 Å². The van der Waals surface area contributed by atoms with E-state index >= 15 is 0 Å². The van der Waals surface area contributed by atoms with Crippen LogP contribution in [0, 0.1) is 5.92 Å². The average molecular weight is 394 g/mol. The van der Waals surface area contributed by atoms with Crippen LogP contribution in [0.5, 0.6) is 5.75 Å². The van der Waals surface area contributed by atoms with E-state index < -0.39 is 5.97 Å². The van der Waals surface area contributed by atoms with Crippen LogP contribution in [-0.4, -0.2) is 53.2 Å². The number of hydrogen-bond donors (Lipinski definition) is 3. The van der Waals surface area contributed by atoms with E-state index in [-0.39, 0.29) is 28.6 Å². The highest BCUT2D eigenvalue weighted by molar-refractivity contribution is 5.97. The highest BCUT2D eigenvalue weighted by Gasteiger charge is 2.49. The molecule has 1 amide bonds. The second-order valence-corrected chi connectivity index (χ2v) is 8.46. The maximum atomic E-state index is 12.7. The molecule has 3 atom stereocenters. The number of fused-ring (bicyclic) bond motifs is 4. The van der Waals surface area contributed by atoms with Gasteiger partial charge in [0, 0.05) is 29.5 Å². The summed E-state index contributed by atoms with van der Waals surface area (Å²) in [5, 5.41) is 22.2. The number of carbonyl (C=O) groups is 2. The second kappa shape index (κ2) is 7.19. The molecule has 1 fully saturated rings. The monoisotopic (exact) mass is 394 g/mol. The molecule has 2 aromatic rings. The van der Waals surface area contributed by atoms with E-state index in [4.69, 9.17) is 5.11 Å². The predicted molar refractivity (Wildman–Crippen MR) is 109 cm³/mol. The van der Waals surface area contributed by atoms with E-state index in [9.17, 15) is 14.7 Å². The highest BCUT2D eigenvalue weighted by atomic mass is 16.4. The number of nitrogens with zero attached hydrogens (tertiary/aromatic N) is 1. The van der Waals surface area contributed by atoms with Crippen LogP contribution in [0.15, 0.2) is 42.5 Å². The molecule has 2 aromatic carbocycles. The molecule has 2 bridgehead atoms. The summed E-state index contributed by atoms with van der Waals surface area (Å²) in [6, 6.07) is 12.0. The summed E-state index contributed by atoms with van der Waals surface area (Å²) in [4.78, 5) is 26.2. The largest absolute Gasteiger partial charge is 0.508 e. The first-order chi connectivity index (χ1) is 13.8. The Morgan fingerprint density at radius 1 is 1.21 bits per heavy atom. The van der Waals surface area contributed by atoms with Gasteiger partial charge in [0.15, 0.2) is 0 Å². The number of nitrogens with one attached hydrogen (secondary N) is 1. The summed E-state index contributed by atoms with van der Waals surface area (Å²) in [5.74, 6) is -0.844. The van der Waals surface area contributed by atoms with E-state index in [1.54, 1.807) is 18.2 Å². The van der Waals surface area contributed by atoms with Gasteiger partial charge in [-0.2, -0.15) is 0 Å². The van der Waals surface area contributed by atoms with Crippen molar-refractivity contribution in [2.45, 2.75) is 31.2 Å². The Morgan fingerprint density at radius 3 is 2.72 bits per heavy atom. The number of piperidine rings is 1. The first kappa shape index (κ1) is 19.5. The molecule has 4 rings (SSSR count). The first-order valence-corrected chi connectivity index (χ1v) is 9.94. The Kier molecular flexibility index (Phi) is 4.82. The van der Waals surface area contributed by atoms with Gasteiger partial charge in [0.25, 0.3) is 5.91 Å². The van der Waals surface area contributed by atoms with E-state index in [2.05, 4.69) is 24.2 Å². The number of aromatic hydroxyl groups is 1. The summed E-state index contributed by atoms with van der Waals surface area (Å²) in [6.07, 6.45) is 1.84. The topological polar surface area (TPSA) is 89.9 Å². The van der Waals surface area contributed by atoms with Crippen molar-refractivity contribution in [1.29, 1.82) is 0 Å². The molecule has 3 N–H and O–H groups in total. The smallest absolute Gasteiger partial charge is 0.335 e. The number of carbonyl (C=O) groups excluding carboxylic acids is 1. The summed E-state index contributed by atoms with van der Waals surface area (Å²) in [6.45, 7) is 3.70. The molecule has 1 heterocycles. The molecule has 1 aliphatic carbocycles. The van der Waals surface area contributed by atoms with E-state index in [1.165, 1.54) is 23.3 Å². The summed E-state index contributed by atoms with van der Waals surface area (Å²) in [7, 11) is 2.13. The van der Waals surface area contributed by atoms with Gasteiger partial charge in [0.2, 0.25) is 0 Å². The number of phenols is 1. The van der Waals surface area contributed by atoms with Crippen LogP contribution in [0.3, 0.4) is 0 Å². The van der Waals surface area contributed by atoms with Gasteiger partial charge in [-0.15, -0.1) is 0 Å². The standard InChI is InChI=1S/C23H26N2O4/c1-23-8-9-25(2)20(11-14-6-7-17(26)12-18(14)23)19(23)13-24-21(27)15-4-3-5-16(10-15)22(28)29/h3-7,10,12,19-20,26H,8-9,11,13H2,1-2H3,(H,24,27)(H,28,29)/t19-,20-,23-/m1/s1. The fourth-order valence-corrected chi connectivity index (χ4v) is 5.08. The van der Waals surface area contributed by atoms with Gasteiger partial charge >= 0.3 is 5.97 Å². The Bertz CT molecular complexity index is 973. The molecule has 0 saturated carbocycles. The normalized spacial score (nSPS) is 25.9. The Morgan fingerprint density at radius 2 is 1.97 bits per heavy atom. The van der Waals surface area contributed by atoms with Crippen molar-refractivity contribution in [2.24, 2.45) is 5.92 Å². The zero-order valence-electron chi connectivity index (χ0n) is 16.7. The minimum absolute atomic E-state index is 0.100. The van der Waals surface area contributed by atoms with Crippen molar-refractivity contribution in [3.8, 4) is 5.75 Å². The van der Waals surface area contributed by atoms with E-state index in [1.807, 2.05) is 12.1 Å². The minimum Gasteiger partial charge on any atom is -0.508 e. The number of aromatic carboxylic acids is 1. The maximum Gasteiger partial charge on any atom is 0.335 e. The molecular formula is C23H26N2O4. The number of amides is 1. The number of likely N-dealkylation sites (N-methyl/N-ethyl adjacent to an activating group) is 1. The van der Waals surface area contributed by atoms with Gasteiger partial charge in [0.1, 0.15) is 5.75 Å². The van der Waals surface area contributed by atoms with Gasteiger partial charge in [-0.3, -0.25) is 4.79 Å². The molecular weight excluding hydrogens is 368 g/mol. The van der Waals surface area contributed by atoms with Crippen molar-refractivity contribution in [3.05, 3.63) is 64.7 Å². The summed E-state index contributed by atoms with van der Waals surface area (Å²) < 4.78 is 0. The zero-order valence-corrected chi connectivity index (χ0v) is 16.7. The predicted octanol–water partition coefficient (Wildman–Crippen LogP) is 2.65. The highest BCUT2D eigenvalue weighted by Crippen LogP contribution is 2.48. The van der Waals surface area contributed by atoms with Crippen LogP contribution < -0.4 is 5.32 Å². The maximum absolute atomic E-state index is 12.7. The van der Waals surface area contributed by atoms with Gasteiger partial charge in [-0.1, -0.05) is 19.1 Å². The third-order valence-electron chi connectivity index (χ3n) is 6.82. The van der Waals surface area contributed by atoms with Crippen molar-refractivity contribution in [1.82, 2.24) is 10.2 Å². The number of hydrogen-bond acceptors (Lipinski definition) is 4. The molecule has 152 valence electrons. The molecule has 1 aliphatic heterocycles. The van der Waals surface area contributed by atoms with Gasteiger partial charge in [-0.25, -0.2) is 4.79 Å². The fourth-order valence-electron chi connectivity index (χ4n) is 5.08. The Hall–Kier alpha value is -2.86. The number of carboxylic acids is 1. The number of carboxylic acid groups (broad SMARTS) is 1. The average Bonchev–Trinajstić information content (AvgIpc) is 2.70. The molecule has 6 nitrogen and oxygen atoms in total. The molecule has 29 heavy (non-hydrogen) atoms. The van der Waals surface area contributed by atoms with Crippen LogP contribution in [0.2, 0.25) is 0 Å². The molecule has 0 spiro atoms. The lowest BCUT2D eigenvalue weighted by molar-refractivity contribution is 0.0390. The van der Waals surface area contributed by atoms with Crippen molar-refractivity contribution in [2.75, 3.05) is 20.1 Å².